The number of nitrogens with zero attached hydrogens (tertiary/aromatic N) is 1. The van der Waals surface area contributed by atoms with Crippen molar-refractivity contribution in [2.24, 2.45) is 11.7 Å². The molecule has 1 amide bonds. The number of amides is 1. The third kappa shape index (κ3) is 4.28. The summed E-state index contributed by atoms with van der Waals surface area (Å²) >= 11 is 4.99. The number of carbonyl (C=O) groups excluding carboxylic acids is 1. The van der Waals surface area contributed by atoms with Crippen LogP contribution in [0, 0.1) is 5.92 Å². The van der Waals surface area contributed by atoms with E-state index >= 15 is 0 Å². The average Bonchev–Trinajstić information content (AvgIpc) is 3.22. The van der Waals surface area contributed by atoms with Gasteiger partial charge in [-0.05, 0) is 37.4 Å². The van der Waals surface area contributed by atoms with E-state index in [-0.39, 0.29) is 5.91 Å². The number of hydrogen-bond acceptors (Lipinski definition) is 3. The monoisotopic (exact) mass is 291 g/mol. The summed E-state index contributed by atoms with van der Waals surface area (Å²) in [4.78, 5) is 14.6. The molecule has 2 rings (SSSR count). The summed E-state index contributed by atoms with van der Waals surface area (Å²) < 4.78 is 0. The van der Waals surface area contributed by atoms with Crippen molar-refractivity contribution in [2.45, 2.75) is 19.8 Å². The van der Waals surface area contributed by atoms with E-state index in [2.05, 4.69) is 17.1 Å². The van der Waals surface area contributed by atoms with E-state index in [1.54, 1.807) is 0 Å². The molecular formula is C15H21N3OS. The quantitative estimate of drug-likeness (QED) is 0.754. The molecule has 1 aromatic carbocycles. The Morgan fingerprint density at radius 2 is 2.15 bits per heavy atom. The molecule has 4 nitrogen and oxygen atoms in total. The van der Waals surface area contributed by atoms with E-state index in [0.29, 0.717) is 22.8 Å². The topological polar surface area (TPSA) is 58.4 Å². The molecule has 108 valence electrons. The molecule has 0 atom stereocenters. The minimum Gasteiger partial charge on any atom is -0.389 e. The van der Waals surface area contributed by atoms with Gasteiger partial charge in [-0.15, -0.1) is 0 Å². The van der Waals surface area contributed by atoms with Gasteiger partial charge in [-0.2, -0.15) is 0 Å². The highest BCUT2D eigenvalue weighted by Gasteiger charge is 2.24. The van der Waals surface area contributed by atoms with E-state index in [0.717, 1.165) is 19.0 Å². The molecule has 1 fully saturated rings. The SMILES string of the molecule is CCN(CC(=O)Nc1ccccc1C(N)=S)CC1CC1. The van der Waals surface area contributed by atoms with E-state index < -0.39 is 0 Å². The lowest BCUT2D eigenvalue weighted by molar-refractivity contribution is -0.117. The number of likely N-dealkylation sites (N-methyl/N-ethyl adjacent to an activating group) is 1. The first-order valence-corrected chi connectivity index (χ1v) is 7.42. The Morgan fingerprint density at radius 1 is 1.45 bits per heavy atom. The van der Waals surface area contributed by atoms with Gasteiger partial charge in [-0.1, -0.05) is 31.3 Å². The Balaban J connectivity index is 1.94. The summed E-state index contributed by atoms with van der Waals surface area (Å²) in [6.45, 7) is 4.40. The van der Waals surface area contributed by atoms with Gasteiger partial charge < -0.3 is 11.1 Å². The predicted octanol–water partition coefficient (Wildman–Crippen LogP) is 1.99. The van der Waals surface area contributed by atoms with Crippen LogP contribution in [0.5, 0.6) is 0 Å². The summed E-state index contributed by atoms with van der Waals surface area (Å²) in [6, 6.07) is 7.36. The Morgan fingerprint density at radius 3 is 2.75 bits per heavy atom. The summed E-state index contributed by atoms with van der Waals surface area (Å²) in [5.41, 5.74) is 7.06. The molecule has 0 spiro atoms. The van der Waals surface area contributed by atoms with Crippen molar-refractivity contribution in [3.8, 4) is 0 Å². The fourth-order valence-corrected chi connectivity index (χ4v) is 2.35. The second-order valence-electron chi connectivity index (χ2n) is 5.23. The first-order valence-electron chi connectivity index (χ1n) is 7.01. The maximum Gasteiger partial charge on any atom is 0.238 e. The van der Waals surface area contributed by atoms with Gasteiger partial charge in [0.05, 0.1) is 12.2 Å². The van der Waals surface area contributed by atoms with Gasteiger partial charge >= 0.3 is 0 Å². The third-order valence-electron chi connectivity index (χ3n) is 3.49. The first-order chi connectivity index (χ1) is 9.60. The number of carbonyl (C=O) groups is 1. The van der Waals surface area contributed by atoms with Gasteiger partial charge in [-0.3, -0.25) is 9.69 Å². The maximum absolute atomic E-state index is 12.1. The lowest BCUT2D eigenvalue weighted by Crippen LogP contribution is -2.34. The molecule has 0 unspecified atom stereocenters. The van der Waals surface area contributed by atoms with Gasteiger partial charge in [0, 0.05) is 12.1 Å². The molecule has 1 aliphatic carbocycles. The Labute approximate surface area is 125 Å². The number of rotatable bonds is 7. The van der Waals surface area contributed by atoms with Crippen molar-refractivity contribution in [2.75, 3.05) is 25.0 Å². The average molecular weight is 291 g/mol. The second kappa shape index (κ2) is 6.81. The molecule has 1 aliphatic rings. The standard InChI is InChI=1S/C15H21N3OS/c1-2-18(9-11-7-8-11)10-14(19)17-13-6-4-3-5-12(13)15(16)20/h3-6,11H,2,7-10H2,1H3,(H2,16,20)(H,17,19). The zero-order valence-corrected chi connectivity index (χ0v) is 12.6. The predicted molar refractivity (Wildman–Crippen MR) is 85.8 cm³/mol. The molecule has 0 saturated heterocycles. The molecule has 0 aromatic heterocycles. The number of hydrogen-bond donors (Lipinski definition) is 2. The summed E-state index contributed by atoms with van der Waals surface area (Å²) in [7, 11) is 0. The molecular weight excluding hydrogens is 270 g/mol. The maximum atomic E-state index is 12.1. The summed E-state index contributed by atoms with van der Waals surface area (Å²) in [6.07, 6.45) is 2.59. The number of benzene rings is 1. The van der Waals surface area contributed by atoms with Gasteiger partial charge in [0.15, 0.2) is 0 Å². The van der Waals surface area contributed by atoms with Crippen LogP contribution in [0.4, 0.5) is 5.69 Å². The largest absolute Gasteiger partial charge is 0.389 e. The van der Waals surface area contributed by atoms with Crippen LogP contribution in [0.3, 0.4) is 0 Å². The van der Waals surface area contributed by atoms with Crippen LogP contribution in [0.15, 0.2) is 24.3 Å². The van der Waals surface area contributed by atoms with Crippen LogP contribution >= 0.6 is 12.2 Å². The number of thiocarbonyl (C=S) groups is 1. The van der Waals surface area contributed by atoms with Gasteiger partial charge in [0.2, 0.25) is 5.91 Å². The van der Waals surface area contributed by atoms with Crippen molar-refractivity contribution in [3.63, 3.8) is 0 Å². The van der Waals surface area contributed by atoms with Crippen LogP contribution in [-0.4, -0.2) is 35.4 Å². The fourth-order valence-electron chi connectivity index (χ4n) is 2.17. The molecule has 0 heterocycles. The lowest BCUT2D eigenvalue weighted by atomic mass is 10.2. The van der Waals surface area contributed by atoms with Gasteiger partial charge in [0.25, 0.3) is 0 Å². The van der Waals surface area contributed by atoms with Crippen molar-refractivity contribution in [3.05, 3.63) is 29.8 Å². The van der Waals surface area contributed by atoms with Crippen LogP contribution in [0.2, 0.25) is 0 Å². The number of anilines is 1. The number of nitrogens with two attached hydrogens (primary N) is 1. The van der Waals surface area contributed by atoms with Crippen molar-refractivity contribution in [1.29, 1.82) is 0 Å². The third-order valence-corrected chi connectivity index (χ3v) is 3.71. The molecule has 1 aromatic rings. The Bertz CT molecular complexity index is 500. The molecule has 0 aliphatic heterocycles. The van der Waals surface area contributed by atoms with Crippen LogP contribution in [0.25, 0.3) is 0 Å². The Hall–Kier alpha value is -1.46. The molecule has 3 N–H and O–H groups in total. The van der Waals surface area contributed by atoms with Crippen LogP contribution < -0.4 is 11.1 Å². The van der Waals surface area contributed by atoms with E-state index in [4.69, 9.17) is 18.0 Å². The van der Waals surface area contributed by atoms with E-state index in [1.807, 2.05) is 24.3 Å². The van der Waals surface area contributed by atoms with Crippen molar-refractivity contribution in [1.82, 2.24) is 4.90 Å². The normalized spacial score (nSPS) is 14.3. The summed E-state index contributed by atoms with van der Waals surface area (Å²) in [5.74, 6) is 0.767. The molecule has 5 heteroatoms. The Kier molecular flexibility index (Phi) is 5.09. The van der Waals surface area contributed by atoms with E-state index in [1.165, 1.54) is 12.8 Å². The highest BCUT2D eigenvalue weighted by molar-refractivity contribution is 7.80. The second-order valence-corrected chi connectivity index (χ2v) is 5.67. The summed E-state index contributed by atoms with van der Waals surface area (Å²) in [5, 5.41) is 2.90. The van der Waals surface area contributed by atoms with Crippen molar-refractivity contribution >= 4 is 28.8 Å². The highest BCUT2D eigenvalue weighted by atomic mass is 32.1. The molecule has 20 heavy (non-hydrogen) atoms. The zero-order chi connectivity index (χ0) is 14.5. The van der Waals surface area contributed by atoms with Gasteiger partial charge in [-0.25, -0.2) is 0 Å². The number of nitrogens with one attached hydrogen (secondary N) is 1. The van der Waals surface area contributed by atoms with E-state index in [9.17, 15) is 4.79 Å². The molecule has 0 radical (unpaired) electrons. The number of para-hydroxylation sites is 1. The first kappa shape index (κ1) is 14.9. The fraction of sp³-hybridized carbons (Fsp3) is 0.467. The van der Waals surface area contributed by atoms with Crippen LogP contribution in [-0.2, 0) is 4.79 Å². The van der Waals surface area contributed by atoms with Gasteiger partial charge in [0.1, 0.15) is 4.99 Å². The smallest absolute Gasteiger partial charge is 0.238 e. The minimum absolute atomic E-state index is 0.0174. The van der Waals surface area contributed by atoms with Crippen molar-refractivity contribution < 1.29 is 4.79 Å². The van der Waals surface area contributed by atoms with Crippen LogP contribution in [0.1, 0.15) is 25.3 Å². The zero-order valence-electron chi connectivity index (χ0n) is 11.8. The molecule has 1 saturated carbocycles. The molecule has 0 bridgehead atoms. The highest BCUT2D eigenvalue weighted by Crippen LogP contribution is 2.29. The minimum atomic E-state index is -0.0174. The lowest BCUT2D eigenvalue weighted by Gasteiger charge is -2.20.